The van der Waals surface area contributed by atoms with E-state index in [2.05, 4.69) is 12.2 Å². The van der Waals surface area contributed by atoms with Crippen LogP contribution in [-0.2, 0) is 0 Å². The van der Waals surface area contributed by atoms with Crippen LogP contribution in [0.1, 0.15) is 19.8 Å². The number of hydrogen-bond acceptors (Lipinski definition) is 2. The maximum atomic E-state index is 8.82. The molecule has 60 valence electrons. The van der Waals surface area contributed by atoms with Crippen LogP contribution < -0.4 is 5.32 Å². The Morgan fingerprint density at radius 1 is 1.60 bits per heavy atom. The van der Waals surface area contributed by atoms with Crippen molar-refractivity contribution in [1.82, 2.24) is 5.32 Å². The van der Waals surface area contributed by atoms with Crippen molar-refractivity contribution in [3.05, 3.63) is 0 Å². The summed E-state index contributed by atoms with van der Waals surface area (Å²) in [5.41, 5.74) is 0.401. The van der Waals surface area contributed by atoms with Crippen molar-refractivity contribution >= 4 is 12.4 Å². The summed E-state index contributed by atoms with van der Waals surface area (Å²) in [6.07, 6.45) is 2.55. The molecule has 2 aliphatic heterocycles. The first kappa shape index (κ1) is 8.31. The molecular formula is C7H14ClNO. The summed E-state index contributed by atoms with van der Waals surface area (Å²) < 4.78 is 0. The van der Waals surface area contributed by atoms with Crippen LogP contribution in [0.3, 0.4) is 0 Å². The van der Waals surface area contributed by atoms with Gasteiger partial charge in [-0.05, 0) is 25.7 Å². The molecule has 10 heavy (non-hydrogen) atoms. The van der Waals surface area contributed by atoms with Gasteiger partial charge in [0.1, 0.15) is 0 Å². The summed E-state index contributed by atoms with van der Waals surface area (Å²) in [6, 6.07) is 0.412. The van der Waals surface area contributed by atoms with Gasteiger partial charge in [-0.25, -0.2) is 0 Å². The molecule has 2 nitrogen and oxygen atoms in total. The van der Waals surface area contributed by atoms with Crippen LogP contribution >= 0.6 is 12.4 Å². The number of hydrogen-bond donors (Lipinski definition) is 2. The molecule has 2 heterocycles. The van der Waals surface area contributed by atoms with Gasteiger partial charge in [0.05, 0.1) is 6.61 Å². The summed E-state index contributed by atoms with van der Waals surface area (Å²) in [4.78, 5) is 0. The van der Waals surface area contributed by atoms with Crippen LogP contribution in [0.25, 0.3) is 0 Å². The minimum absolute atomic E-state index is 0. The Morgan fingerprint density at radius 2 is 2.20 bits per heavy atom. The Morgan fingerprint density at radius 3 is 2.40 bits per heavy atom. The highest BCUT2D eigenvalue weighted by atomic mass is 35.5. The Kier molecular flexibility index (Phi) is 1.96. The number of aliphatic hydroxyl groups excluding tert-OH is 1. The smallest absolute Gasteiger partial charge is 0.0587 e. The first-order chi connectivity index (χ1) is 4.23. The Bertz CT molecular complexity index is 134. The molecule has 0 unspecified atom stereocenters. The van der Waals surface area contributed by atoms with Gasteiger partial charge in [-0.3, -0.25) is 0 Å². The lowest BCUT2D eigenvalue weighted by Crippen LogP contribution is -2.39. The van der Waals surface area contributed by atoms with E-state index in [1.165, 1.54) is 12.8 Å². The fourth-order valence-corrected chi connectivity index (χ4v) is 2.26. The third-order valence-corrected chi connectivity index (χ3v) is 2.73. The zero-order valence-corrected chi connectivity index (χ0v) is 6.95. The number of rotatable bonds is 1. The summed E-state index contributed by atoms with van der Waals surface area (Å²) in [6.45, 7) is 2.55. The first-order valence-electron chi connectivity index (χ1n) is 3.62. The van der Waals surface area contributed by atoms with Crippen molar-refractivity contribution in [3.8, 4) is 0 Å². The second kappa shape index (κ2) is 2.36. The van der Waals surface area contributed by atoms with Gasteiger partial charge in [-0.15, -0.1) is 12.4 Å². The van der Waals surface area contributed by atoms with Crippen molar-refractivity contribution < 1.29 is 5.11 Å². The zero-order valence-electron chi connectivity index (χ0n) is 6.13. The fraction of sp³-hybridized carbons (Fsp3) is 1.00. The molecule has 1 atom stereocenters. The van der Waals surface area contributed by atoms with Crippen molar-refractivity contribution in [2.45, 2.75) is 31.3 Å². The number of halogens is 1. The van der Waals surface area contributed by atoms with E-state index in [1.54, 1.807) is 0 Å². The molecule has 0 amide bonds. The van der Waals surface area contributed by atoms with Gasteiger partial charge in [0, 0.05) is 11.6 Å². The lowest BCUT2D eigenvalue weighted by atomic mass is 9.73. The minimum Gasteiger partial charge on any atom is -0.395 e. The van der Waals surface area contributed by atoms with Crippen LogP contribution in [0.4, 0.5) is 0 Å². The van der Waals surface area contributed by atoms with Crippen molar-refractivity contribution in [2.75, 3.05) is 6.61 Å². The highest BCUT2D eigenvalue weighted by molar-refractivity contribution is 5.85. The molecule has 1 saturated carbocycles. The Hall–Kier alpha value is 0.210. The van der Waals surface area contributed by atoms with E-state index in [0.29, 0.717) is 18.2 Å². The average Bonchev–Trinajstić information content (AvgIpc) is 2.18. The third kappa shape index (κ3) is 0.949. The van der Waals surface area contributed by atoms with Crippen LogP contribution in [0.2, 0.25) is 0 Å². The monoisotopic (exact) mass is 163 g/mol. The second-order valence-corrected chi connectivity index (χ2v) is 3.66. The van der Waals surface area contributed by atoms with E-state index in [0.717, 1.165) is 5.92 Å². The van der Waals surface area contributed by atoms with Crippen LogP contribution in [0.15, 0.2) is 0 Å². The van der Waals surface area contributed by atoms with Gasteiger partial charge in [0.2, 0.25) is 0 Å². The molecule has 0 spiro atoms. The molecule has 1 aliphatic carbocycles. The highest BCUT2D eigenvalue weighted by Crippen LogP contribution is 2.46. The third-order valence-electron chi connectivity index (χ3n) is 2.73. The lowest BCUT2D eigenvalue weighted by Gasteiger charge is -2.33. The molecule has 0 aromatic heterocycles. The molecule has 0 aromatic carbocycles. The normalized spacial score (nSPS) is 49.8. The molecule has 2 saturated heterocycles. The van der Waals surface area contributed by atoms with Crippen LogP contribution in [0.5, 0.6) is 0 Å². The largest absolute Gasteiger partial charge is 0.395 e. The van der Waals surface area contributed by atoms with Crippen molar-refractivity contribution in [3.63, 3.8) is 0 Å². The topological polar surface area (TPSA) is 32.3 Å². The van der Waals surface area contributed by atoms with Gasteiger partial charge in [0.15, 0.2) is 0 Å². The van der Waals surface area contributed by atoms with E-state index in [-0.39, 0.29) is 12.4 Å². The molecule has 3 fully saturated rings. The quantitative estimate of drug-likeness (QED) is 0.592. The standard InChI is InChI=1S/C7H13NO.ClH/c1-7-2-5(3-7)6(4-9)8-7;/h5-6,8-9H,2-4H2,1H3;1H/t5?,6-,7?;/m0./s1. The lowest BCUT2D eigenvalue weighted by molar-refractivity contribution is 0.215. The predicted octanol–water partition coefficient (Wildman–Crippen LogP) is 0.541. The molecule has 0 aromatic rings. The number of aliphatic hydroxyl groups is 1. The van der Waals surface area contributed by atoms with Crippen LogP contribution in [0, 0.1) is 5.92 Å². The summed E-state index contributed by atoms with van der Waals surface area (Å²) in [7, 11) is 0. The number of nitrogens with one attached hydrogen (secondary N) is 1. The predicted molar refractivity (Wildman–Crippen MR) is 42.4 cm³/mol. The molecular weight excluding hydrogens is 150 g/mol. The molecule has 3 aliphatic rings. The van der Waals surface area contributed by atoms with E-state index in [1.807, 2.05) is 0 Å². The molecule has 3 rings (SSSR count). The average molecular weight is 164 g/mol. The SMILES string of the molecule is CC12CC(C1)[C@H](CO)N2.Cl. The maximum Gasteiger partial charge on any atom is 0.0587 e. The van der Waals surface area contributed by atoms with Gasteiger partial charge in [-0.2, -0.15) is 0 Å². The summed E-state index contributed by atoms with van der Waals surface area (Å²) >= 11 is 0. The van der Waals surface area contributed by atoms with E-state index in [9.17, 15) is 0 Å². The summed E-state index contributed by atoms with van der Waals surface area (Å²) in [5.74, 6) is 0.778. The number of fused-ring (bicyclic) bond motifs is 1. The molecule has 2 bridgehead atoms. The maximum absolute atomic E-state index is 8.82. The zero-order chi connectivity index (χ0) is 6.48. The van der Waals surface area contributed by atoms with Crippen molar-refractivity contribution in [2.24, 2.45) is 5.92 Å². The van der Waals surface area contributed by atoms with Gasteiger partial charge >= 0.3 is 0 Å². The Labute approximate surface area is 67.4 Å². The highest BCUT2D eigenvalue weighted by Gasteiger charge is 2.51. The molecule has 2 N–H and O–H groups in total. The second-order valence-electron chi connectivity index (χ2n) is 3.66. The van der Waals surface area contributed by atoms with Gasteiger partial charge in [0.25, 0.3) is 0 Å². The van der Waals surface area contributed by atoms with E-state index in [4.69, 9.17) is 5.11 Å². The van der Waals surface area contributed by atoms with E-state index >= 15 is 0 Å². The Balaban J connectivity index is 0.000000500. The first-order valence-corrected chi connectivity index (χ1v) is 3.62. The van der Waals surface area contributed by atoms with Crippen molar-refractivity contribution in [1.29, 1.82) is 0 Å². The van der Waals surface area contributed by atoms with Crippen LogP contribution in [-0.4, -0.2) is 23.3 Å². The molecule has 3 heteroatoms. The van der Waals surface area contributed by atoms with E-state index < -0.39 is 0 Å². The summed E-state index contributed by atoms with van der Waals surface area (Å²) in [5, 5.41) is 12.2. The minimum atomic E-state index is 0. The van der Waals surface area contributed by atoms with Gasteiger partial charge in [-0.1, -0.05) is 0 Å². The molecule has 0 radical (unpaired) electrons. The fourth-order valence-electron chi connectivity index (χ4n) is 2.26. The van der Waals surface area contributed by atoms with Gasteiger partial charge < -0.3 is 10.4 Å².